The molecule has 0 radical (unpaired) electrons. The number of nitrogens with zero attached hydrogens (tertiary/aromatic N) is 2. The standard InChI is InChI=1S/C14H17N3O2S.ClH/c15-10-5-6-16(7-10)13(18)8-17-11-3-1-2-4-12(11)20-9-14(17)19;/h1-4,10H,5-9,15H2;1H/t10-;/m1./s1. The van der Waals surface area contributed by atoms with Crippen LogP contribution in [0.3, 0.4) is 0 Å². The molecule has 1 atom stereocenters. The molecule has 3 rings (SSSR count). The Bertz CT molecular complexity index is 555. The average Bonchev–Trinajstić information content (AvgIpc) is 2.89. The molecule has 0 unspecified atom stereocenters. The number of nitrogens with two attached hydrogens (primary N) is 1. The Labute approximate surface area is 134 Å². The first-order chi connectivity index (χ1) is 9.65. The van der Waals surface area contributed by atoms with Crippen molar-refractivity contribution in [2.24, 2.45) is 5.73 Å². The summed E-state index contributed by atoms with van der Waals surface area (Å²) < 4.78 is 0. The van der Waals surface area contributed by atoms with E-state index in [1.165, 1.54) is 11.8 Å². The van der Waals surface area contributed by atoms with Crippen molar-refractivity contribution < 1.29 is 9.59 Å². The molecule has 2 heterocycles. The minimum Gasteiger partial charge on any atom is -0.340 e. The van der Waals surface area contributed by atoms with Gasteiger partial charge in [0.1, 0.15) is 6.54 Å². The third-order valence-corrected chi connectivity index (χ3v) is 4.73. The molecule has 0 aliphatic carbocycles. The summed E-state index contributed by atoms with van der Waals surface area (Å²) in [6, 6.07) is 7.78. The number of amides is 2. The Morgan fingerprint density at radius 1 is 1.38 bits per heavy atom. The molecular formula is C14H18ClN3O2S. The molecule has 21 heavy (non-hydrogen) atoms. The topological polar surface area (TPSA) is 66.6 Å². The van der Waals surface area contributed by atoms with Crippen molar-refractivity contribution in [2.45, 2.75) is 17.4 Å². The van der Waals surface area contributed by atoms with Gasteiger partial charge in [0.15, 0.2) is 0 Å². The Balaban J connectivity index is 0.00000161. The largest absolute Gasteiger partial charge is 0.340 e. The number of benzene rings is 1. The molecule has 0 spiro atoms. The van der Waals surface area contributed by atoms with E-state index in [4.69, 9.17) is 5.73 Å². The quantitative estimate of drug-likeness (QED) is 0.883. The molecule has 1 fully saturated rings. The number of anilines is 1. The monoisotopic (exact) mass is 327 g/mol. The number of hydrogen-bond donors (Lipinski definition) is 1. The van der Waals surface area contributed by atoms with Crippen molar-refractivity contribution in [3.63, 3.8) is 0 Å². The van der Waals surface area contributed by atoms with E-state index in [1.807, 2.05) is 24.3 Å². The second-order valence-electron chi connectivity index (χ2n) is 5.12. The zero-order chi connectivity index (χ0) is 14.1. The third-order valence-electron chi connectivity index (χ3n) is 3.68. The van der Waals surface area contributed by atoms with Gasteiger partial charge in [-0.15, -0.1) is 24.2 Å². The fourth-order valence-electron chi connectivity index (χ4n) is 2.58. The van der Waals surface area contributed by atoms with Crippen molar-refractivity contribution in [1.29, 1.82) is 0 Å². The van der Waals surface area contributed by atoms with E-state index in [9.17, 15) is 9.59 Å². The number of carbonyl (C=O) groups is 2. The van der Waals surface area contributed by atoms with Gasteiger partial charge in [0.05, 0.1) is 11.4 Å². The van der Waals surface area contributed by atoms with Crippen molar-refractivity contribution in [1.82, 2.24) is 4.90 Å². The zero-order valence-corrected chi connectivity index (χ0v) is 13.2. The van der Waals surface area contributed by atoms with Crippen LogP contribution in [0.15, 0.2) is 29.2 Å². The number of likely N-dealkylation sites (tertiary alicyclic amines) is 1. The van der Waals surface area contributed by atoms with Gasteiger partial charge in [0, 0.05) is 24.0 Å². The molecule has 2 aliphatic rings. The number of para-hydroxylation sites is 1. The molecule has 1 saturated heterocycles. The molecule has 1 aromatic carbocycles. The summed E-state index contributed by atoms with van der Waals surface area (Å²) >= 11 is 1.52. The Morgan fingerprint density at radius 3 is 2.86 bits per heavy atom. The maximum atomic E-state index is 12.3. The fourth-order valence-corrected chi connectivity index (χ4v) is 3.51. The van der Waals surface area contributed by atoms with Crippen LogP contribution in [0.25, 0.3) is 0 Å². The van der Waals surface area contributed by atoms with E-state index in [0.29, 0.717) is 18.8 Å². The number of hydrogen-bond acceptors (Lipinski definition) is 4. The van der Waals surface area contributed by atoms with E-state index in [2.05, 4.69) is 0 Å². The van der Waals surface area contributed by atoms with Gasteiger partial charge in [-0.2, -0.15) is 0 Å². The van der Waals surface area contributed by atoms with Gasteiger partial charge in [-0.3, -0.25) is 9.59 Å². The van der Waals surface area contributed by atoms with Gasteiger partial charge in [0.25, 0.3) is 0 Å². The lowest BCUT2D eigenvalue weighted by Gasteiger charge is -2.29. The highest BCUT2D eigenvalue weighted by molar-refractivity contribution is 8.00. The Kier molecular flexibility index (Phi) is 5.13. The Morgan fingerprint density at radius 2 is 2.14 bits per heavy atom. The molecule has 0 bridgehead atoms. The maximum Gasteiger partial charge on any atom is 0.242 e. The highest BCUT2D eigenvalue weighted by Crippen LogP contribution is 2.34. The lowest BCUT2D eigenvalue weighted by atomic mass is 10.2. The first kappa shape index (κ1) is 16.1. The normalized spacial score (nSPS) is 21.0. The lowest BCUT2D eigenvalue weighted by molar-refractivity contribution is -0.130. The molecule has 5 nitrogen and oxygen atoms in total. The van der Waals surface area contributed by atoms with Gasteiger partial charge >= 0.3 is 0 Å². The van der Waals surface area contributed by atoms with Gasteiger partial charge in [-0.05, 0) is 18.6 Å². The number of halogens is 1. The first-order valence-electron chi connectivity index (χ1n) is 6.70. The predicted molar refractivity (Wildman–Crippen MR) is 85.9 cm³/mol. The van der Waals surface area contributed by atoms with E-state index < -0.39 is 0 Å². The summed E-state index contributed by atoms with van der Waals surface area (Å²) in [6.07, 6.45) is 0.839. The molecular weight excluding hydrogens is 310 g/mol. The second-order valence-corrected chi connectivity index (χ2v) is 6.14. The van der Waals surface area contributed by atoms with Crippen LogP contribution in [-0.2, 0) is 9.59 Å². The summed E-state index contributed by atoms with van der Waals surface area (Å²) in [7, 11) is 0. The SMILES string of the molecule is Cl.N[C@@H]1CCN(C(=O)CN2C(=O)CSc3ccccc32)C1. The van der Waals surface area contributed by atoms with Crippen LogP contribution in [0, 0.1) is 0 Å². The van der Waals surface area contributed by atoms with E-state index in [0.717, 1.165) is 17.0 Å². The van der Waals surface area contributed by atoms with Crippen LogP contribution in [0.2, 0.25) is 0 Å². The van der Waals surface area contributed by atoms with Crippen molar-refractivity contribution >= 4 is 41.7 Å². The van der Waals surface area contributed by atoms with E-state index in [1.54, 1.807) is 9.80 Å². The van der Waals surface area contributed by atoms with Crippen molar-refractivity contribution in [3.05, 3.63) is 24.3 Å². The third kappa shape index (κ3) is 3.33. The summed E-state index contributed by atoms with van der Waals surface area (Å²) in [6.45, 7) is 1.40. The van der Waals surface area contributed by atoms with Crippen LogP contribution < -0.4 is 10.6 Å². The van der Waals surface area contributed by atoms with Gasteiger partial charge < -0.3 is 15.5 Å². The minimum absolute atomic E-state index is 0. The second kappa shape index (κ2) is 6.68. The number of fused-ring (bicyclic) bond motifs is 1. The predicted octanol–water partition coefficient (Wildman–Crippen LogP) is 1.11. The zero-order valence-electron chi connectivity index (χ0n) is 11.5. The summed E-state index contributed by atoms with van der Waals surface area (Å²) in [5.74, 6) is 0.364. The molecule has 114 valence electrons. The molecule has 7 heteroatoms. The fraction of sp³-hybridized carbons (Fsp3) is 0.429. The first-order valence-corrected chi connectivity index (χ1v) is 7.69. The molecule has 2 aliphatic heterocycles. The van der Waals surface area contributed by atoms with Gasteiger partial charge in [-0.25, -0.2) is 0 Å². The highest BCUT2D eigenvalue weighted by Gasteiger charge is 2.30. The summed E-state index contributed by atoms with van der Waals surface area (Å²) in [5.41, 5.74) is 6.66. The van der Waals surface area contributed by atoms with E-state index in [-0.39, 0.29) is 36.8 Å². The van der Waals surface area contributed by atoms with Gasteiger partial charge in [-0.1, -0.05) is 12.1 Å². The van der Waals surface area contributed by atoms with Gasteiger partial charge in [0.2, 0.25) is 11.8 Å². The smallest absolute Gasteiger partial charge is 0.242 e. The highest BCUT2D eigenvalue weighted by atomic mass is 35.5. The lowest BCUT2D eigenvalue weighted by Crippen LogP contribution is -2.44. The molecule has 1 aromatic rings. The van der Waals surface area contributed by atoms with Crippen LogP contribution in [-0.4, -0.2) is 48.1 Å². The number of rotatable bonds is 2. The molecule has 2 N–H and O–H groups in total. The summed E-state index contributed by atoms with van der Waals surface area (Å²) in [4.78, 5) is 28.8. The van der Waals surface area contributed by atoms with Crippen molar-refractivity contribution in [3.8, 4) is 0 Å². The number of carbonyl (C=O) groups excluding carboxylic acids is 2. The minimum atomic E-state index is -0.0204. The van der Waals surface area contributed by atoms with E-state index >= 15 is 0 Å². The molecule has 2 amide bonds. The molecule has 0 saturated carbocycles. The van der Waals surface area contributed by atoms with Crippen LogP contribution in [0.1, 0.15) is 6.42 Å². The average molecular weight is 328 g/mol. The van der Waals surface area contributed by atoms with Crippen LogP contribution in [0.5, 0.6) is 0 Å². The number of thioether (sulfide) groups is 1. The Hall–Kier alpha value is -1.24. The van der Waals surface area contributed by atoms with Crippen LogP contribution >= 0.6 is 24.2 Å². The molecule has 0 aromatic heterocycles. The summed E-state index contributed by atoms with van der Waals surface area (Å²) in [5, 5.41) is 0. The van der Waals surface area contributed by atoms with Crippen LogP contribution in [0.4, 0.5) is 5.69 Å². The maximum absolute atomic E-state index is 12.3. The van der Waals surface area contributed by atoms with Crippen molar-refractivity contribution in [2.75, 3.05) is 30.3 Å².